The Morgan fingerprint density at radius 3 is 1.13 bits per heavy atom. The van der Waals surface area contributed by atoms with Crippen molar-refractivity contribution in [3.8, 4) is 0 Å². The van der Waals surface area contributed by atoms with Crippen LogP contribution < -0.4 is 0 Å². The largest absolute Gasteiger partial charge is 3.00 e. The van der Waals surface area contributed by atoms with Crippen molar-refractivity contribution in [3.63, 3.8) is 0 Å². The molecule has 0 spiro atoms. The first kappa shape index (κ1) is 32.2. The van der Waals surface area contributed by atoms with E-state index in [9.17, 15) is 0 Å². The molecule has 2 N–H and O–H groups in total. The predicted molar refractivity (Wildman–Crippen MR) is 133 cm³/mol. The second-order valence-corrected chi connectivity index (χ2v) is 7.86. The first-order chi connectivity index (χ1) is 14.0. The molecule has 1 aliphatic carbocycles. The Kier molecular flexibility index (Phi) is 18.2. The Bertz CT molecular complexity index is 595. The summed E-state index contributed by atoms with van der Waals surface area (Å²) in [6, 6.07) is 20.8. The van der Waals surface area contributed by atoms with E-state index in [1.165, 1.54) is 11.1 Å². The fourth-order valence-corrected chi connectivity index (χ4v) is 4.03. The summed E-state index contributed by atoms with van der Waals surface area (Å²) in [6.07, 6.45) is 2.48. The summed E-state index contributed by atoms with van der Waals surface area (Å²) in [5, 5.41) is 9.02. The van der Waals surface area contributed by atoms with Crippen LogP contribution in [0.2, 0.25) is 0 Å². The molecular weight excluding hydrogens is 561 g/mol. The molecule has 6 atom stereocenters. The maximum atomic E-state index is 4.51. The second kappa shape index (κ2) is 17.5. The minimum Gasteiger partial charge on any atom is -0.659 e. The van der Waals surface area contributed by atoms with Gasteiger partial charge in [0.25, 0.3) is 0 Å². The fraction of sp³-hybridized carbons (Fsp3) is 0.519. The van der Waals surface area contributed by atoms with E-state index in [1.54, 1.807) is 0 Å². The van der Waals surface area contributed by atoms with Gasteiger partial charge < -0.3 is 22.5 Å². The summed E-state index contributed by atoms with van der Waals surface area (Å²) >= 11 is 0. The van der Waals surface area contributed by atoms with Crippen molar-refractivity contribution in [3.05, 3.63) is 88.8 Å². The molecule has 0 aromatic heterocycles. The number of hydrogen-bond donors (Lipinski definition) is 0. The van der Waals surface area contributed by atoms with Crippen molar-refractivity contribution in [2.24, 2.45) is 23.7 Å². The van der Waals surface area contributed by atoms with Crippen LogP contribution in [0.15, 0.2) is 60.7 Å². The molecule has 0 heterocycles. The van der Waals surface area contributed by atoms with Gasteiger partial charge in [-0.05, 0) is 0 Å². The molecule has 4 unspecified atom stereocenters. The van der Waals surface area contributed by atoms with E-state index in [4.69, 9.17) is 0 Å². The average molecular weight is 604 g/mol. The quantitative estimate of drug-likeness (QED) is 0.319. The Morgan fingerprint density at radius 1 is 0.645 bits per heavy atom. The van der Waals surface area contributed by atoms with Crippen LogP contribution in [0.25, 0.3) is 10.6 Å². The van der Waals surface area contributed by atoms with Gasteiger partial charge in [-0.25, -0.2) is 0 Å². The molecule has 0 radical (unpaired) electrons. The summed E-state index contributed by atoms with van der Waals surface area (Å²) in [4.78, 5) is 0. The summed E-state index contributed by atoms with van der Waals surface area (Å²) < 4.78 is 0. The van der Waals surface area contributed by atoms with Gasteiger partial charge in [0, 0.05) is 0 Å². The fourth-order valence-electron chi connectivity index (χ4n) is 4.03. The van der Waals surface area contributed by atoms with Crippen LogP contribution in [0.4, 0.5) is 0 Å². The molecule has 1 fully saturated rings. The molecule has 3 nitrogen and oxygen atoms in total. The molecule has 2 aromatic carbocycles. The maximum absolute atomic E-state index is 4.51. The van der Waals surface area contributed by atoms with E-state index in [2.05, 4.69) is 69.0 Å². The van der Waals surface area contributed by atoms with Crippen LogP contribution in [0.3, 0.4) is 0 Å². The smallest absolute Gasteiger partial charge is 0.659 e. The van der Waals surface area contributed by atoms with Gasteiger partial charge in [-0.2, -0.15) is 25.9 Å². The summed E-state index contributed by atoms with van der Waals surface area (Å²) in [5.41, 5.74) is 2.42. The van der Waals surface area contributed by atoms with Crippen LogP contribution >= 0.6 is 0 Å². The number of hydrogen-bond acceptors (Lipinski definition) is 0. The molecule has 0 saturated heterocycles. The zero-order valence-electron chi connectivity index (χ0n) is 20.5. The third kappa shape index (κ3) is 9.55. The van der Waals surface area contributed by atoms with E-state index in [0.29, 0.717) is 0 Å². The first-order valence-corrected chi connectivity index (χ1v) is 11.1. The van der Waals surface area contributed by atoms with Crippen LogP contribution in [0, 0.1) is 30.1 Å². The van der Waals surface area contributed by atoms with Crippen molar-refractivity contribution in [2.75, 3.05) is 14.1 Å². The molecule has 0 bridgehead atoms. The number of nitrogens with zero attached hydrogens (tertiary/aromatic N) is 2. The Hall–Kier alpha value is -1.03. The first-order valence-electron chi connectivity index (χ1n) is 11.1. The molecule has 0 aliphatic heterocycles. The van der Waals surface area contributed by atoms with Gasteiger partial charge in [0.1, 0.15) is 0 Å². The van der Waals surface area contributed by atoms with Crippen molar-refractivity contribution < 1.29 is 25.6 Å². The number of likely N-dealkylation sites (N-methyl/N-ethyl adjacent to an activating group) is 2. The van der Waals surface area contributed by atoms with E-state index >= 15 is 0 Å². The van der Waals surface area contributed by atoms with Gasteiger partial charge in [-0.15, -0.1) is 12.1 Å². The van der Waals surface area contributed by atoms with Gasteiger partial charge in [0.2, 0.25) is 0 Å². The van der Waals surface area contributed by atoms with E-state index in [0.717, 1.165) is 23.7 Å². The normalized spacial score (nSPS) is 23.5. The molecule has 4 heteroatoms. The molecule has 0 amide bonds. The van der Waals surface area contributed by atoms with Gasteiger partial charge in [-0.1, -0.05) is 125 Å². The molecule has 176 valence electrons. The van der Waals surface area contributed by atoms with Crippen molar-refractivity contribution >= 4 is 0 Å². The molecule has 1 saturated carbocycles. The van der Waals surface area contributed by atoms with E-state index in [-0.39, 0.29) is 37.7 Å². The molecule has 3 rings (SSSR count). The van der Waals surface area contributed by atoms with Gasteiger partial charge in [-0.3, -0.25) is 0 Å². The van der Waals surface area contributed by atoms with E-state index < -0.39 is 0 Å². The van der Waals surface area contributed by atoms with Crippen LogP contribution in [-0.2, 0) is 20.1 Å². The van der Waals surface area contributed by atoms with Crippen LogP contribution in [0.5, 0.6) is 0 Å². The molecule has 31 heavy (non-hydrogen) atoms. The Balaban J connectivity index is 0. The summed E-state index contributed by atoms with van der Waals surface area (Å²) in [5.74, 6) is 3.49. The van der Waals surface area contributed by atoms with Crippen molar-refractivity contribution in [1.82, 2.24) is 0 Å². The van der Waals surface area contributed by atoms with Crippen molar-refractivity contribution in [1.29, 1.82) is 0 Å². The topological polar surface area (TPSA) is 59.7 Å². The predicted octanol–water partition coefficient (Wildman–Crippen LogP) is 7.42. The number of benzene rings is 2. The van der Waals surface area contributed by atoms with Crippen molar-refractivity contribution in [2.45, 2.75) is 53.6 Å². The molecule has 1 aliphatic rings. The zero-order chi connectivity index (χ0) is 21.8. The number of rotatable bonds is 5. The third-order valence-corrected chi connectivity index (χ3v) is 6.23. The van der Waals surface area contributed by atoms with Crippen LogP contribution in [0.1, 0.15) is 64.8 Å². The summed E-state index contributed by atoms with van der Waals surface area (Å²) in [6.45, 7) is 13.4. The summed E-state index contributed by atoms with van der Waals surface area (Å²) in [7, 11) is 3.72. The van der Waals surface area contributed by atoms with Crippen LogP contribution in [-0.4, -0.2) is 19.6 Å². The van der Waals surface area contributed by atoms with Gasteiger partial charge in [0.05, 0.1) is 0 Å². The van der Waals surface area contributed by atoms with Gasteiger partial charge in [0.15, 0.2) is 0 Å². The monoisotopic (exact) mass is 604 g/mol. The Labute approximate surface area is 205 Å². The zero-order valence-corrected chi connectivity index (χ0v) is 22.9. The average Bonchev–Trinajstić information content (AvgIpc) is 3.00. The maximum Gasteiger partial charge on any atom is 3.00 e. The Morgan fingerprint density at radius 2 is 0.935 bits per heavy atom. The standard InChI is InChI=1S/C16H18N2.C9H17.C2H6.Ir.H2O/c1-17-15(13-9-5-3-6-10-13)16(18-2)14-11-7-4-8-12-14;1-6-5-7(2)9(4)8(6)3;1-2;;/h3-12,15-16H,1-2H3;5-9H,1-4H3;1-2H3;;1H2/q-2;-1;;+3;/t15-,16-;;;;/m1..../s1. The minimum absolute atomic E-state index is 0. The van der Waals surface area contributed by atoms with Gasteiger partial charge >= 0.3 is 20.1 Å². The van der Waals surface area contributed by atoms with E-state index in [1.807, 2.05) is 64.3 Å². The SMILES string of the molecule is CC.CC1[CH-]C(C)C(C)C1C.C[N-][C@H](c1ccccc1)[C@H]([N-]C)c1ccccc1.O.[Ir+3]. The third-order valence-electron chi connectivity index (χ3n) is 6.23. The minimum atomic E-state index is 0. The second-order valence-electron chi connectivity index (χ2n) is 7.86. The molecular formula is C27H43IrN2O. The molecule has 2 aromatic rings.